The quantitative estimate of drug-likeness (QED) is 0.327. The van der Waals surface area contributed by atoms with Crippen molar-refractivity contribution >= 4 is 43.2 Å². The van der Waals surface area contributed by atoms with Crippen LogP contribution >= 0.6 is 43.2 Å². The molecule has 0 aliphatic rings. The van der Waals surface area contributed by atoms with Gasteiger partial charge < -0.3 is 0 Å². The van der Waals surface area contributed by atoms with Crippen LogP contribution in [-0.2, 0) is 0 Å². The van der Waals surface area contributed by atoms with Gasteiger partial charge in [-0.1, -0.05) is 0 Å². The second-order valence-corrected chi connectivity index (χ2v) is 10.4. The zero-order chi connectivity index (χ0) is 19.4. The van der Waals surface area contributed by atoms with Crippen molar-refractivity contribution in [2.75, 3.05) is 0 Å². The van der Waals surface area contributed by atoms with Gasteiger partial charge in [0.25, 0.3) is 0 Å². The Balaban J connectivity index is 1.63. The van der Waals surface area contributed by atoms with Crippen LogP contribution in [0.2, 0.25) is 0 Å². The average Bonchev–Trinajstić information content (AvgIpc) is 2.57. The minimum absolute atomic E-state index is 0.802. The Kier molecular flexibility index (Phi) is 7.08. The van der Waals surface area contributed by atoms with Gasteiger partial charge in [-0.05, 0) is 114 Å². The van der Waals surface area contributed by atoms with Gasteiger partial charge >= 0.3 is 0 Å². The summed E-state index contributed by atoms with van der Waals surface area (Å²) in [4.78, 5) is 20.3. The molecule has 8 heteroatoms. The van der Waals surface area contributed by atoms with Crippen LogP contribution in [0, 0.1) is 34.6 Å². The zero-order valence-corrected chi connectivity index (χ0v) is 19.1. The van der Waals surface area contributed by atoms with Crippen molar-refractivity contribution in [3.63, 3.8) is 0 Å². The topological polar surface area (TPSA) is 51.6 Å². The summed E-state index contributed by atoms with van der Waals surface area (Å²) in [5, 5.41) is 1.61. The Bertz CT molecular complexity index is 922. The van der Waals surface area contributed by atoms with E-state index in [1.165, 1.54) is 15.4 Å². The van der Waals surface area contributed by atoms with Gasteiger partial charge in [0.15, 0.2) is 10.3 Å². The molecule has 0 saturated carbocycles. The number of hydrogen-bond acceptors (Lipinski definition) is 8. The van der Waals surface area contributed by atoms with E-state index >= 15 is 0 Å². The molecule has 1 aromatic carbocycles. The second kappa shape index (κ2) is 9.32. The third kappa shape index (κ3) is 6.14. The molecule has 4 nitrogen and oxygen atoms in total. The van der Waals surface area contributed by atoms with E-state index < -0.39 is 0 Å². The highest BCUT2D eigenvalue weighted by Gasteiger charge is 2.08. The molecule has 27 heavy (non-hydrogen) atoms. The van der Waals surface area contributed by atoms with Gasteiger partial charge in [-0.2, -0.15) is 0 Å². The first-order valence-corrected chi connectivity index (χ1v) is 12.6. The summed E-state index contributed by atoms with van der Waals surface area (Å²) in [5.41, 5.74) is 5.24. The molecule has 0 aliphatic heterocycles. The lowest BCUT2D eigenvalue weighted by molar-refractivity contribution is 0.906. The molecule has 3 rings (SSSR count). The molecule has 0 bridgehead atoms. The minimum atomic E-state index is 0.802. The van der Waals surface area contributed by atoms with E-state index in [-0.39, 0.29) is 0 Å². The van der Waals surface area contributed by atoms with Crippen molar-refractivity contribution in [3.8, 4) is 0 Å². The van der Waals surface area contributed by atoms with Crippen molar-refractivity contribution in [2.45, 2.75) is 54.7 Å². The monoisotopic (exact) mass is 432 g/mol. The van der Waals surface area contributed by atoms with Gasteiger partial charge in [0.05, 0.1) is 0 Å². The first kappa shape index (κ1) is 20.5. The van der Waals surface area contributed by atoms with Crippen LogP contribution in [0.4, 0.5) is 0 Å². The van der Waals surface area contributed by atoms with Crippen molar-refractivity contribution in [2.24, 2.45) is 0 Å². The smallest absolute Gasteiger partial charge is 0.199 e. The molecule has 0 N–H and O–H groups in total. The molecule has 0 amide bonds. The van der Waals surface area contributed by atoms with Crippen molar-refractivity contribution in [1.29, 1.82) is 0 Å². The third-order valence-electron chi connectivity index (χ3n) is 3.49. The summed E-state index contributed by atoms with van der Waals surface area (Å²) in [6, 6.07) is 10.5. The predicted octanol–water partition coefficient (Wildman–Crippen LogP) is 6.41. The first-order chi connectivity index (χ1) is 12.9. The minimum Gasteiger partial charge on any atom is -0.227 e. The Labute approximate surface area is 176 Å². The van der Waals surface area contributed by atoms with E-state index in [2.05, 4.69) is 45.1 Å². The largest absolute Gasteiger partial charge is 0.227 e. The highest BCUT2D eigenvalue weighted by atomic mass is 33.1. The van der Waals surface area contributed by atoms with Gasteiger partial charge in [0, 0.05) is 32.6 Å². The standard InChI is InChI=1S/C19H20N4S4/c1-11-8-16(24-26-18-20-12(2)9-13(3)21-18)6-7-17(11)25-27-19-22-14(4)10-15(5)23-19/h6-10H,1-5H3. The fraction of sp³-hybridized carbons (Fsp3) is 0.263. The Morgan fingerprint density at radius 3 is 1.52 bits per heavy atom. The number of nitrogens with zero attached hydrogens (tertiary/aromatic N) is 4. The van der Waals surface area contributed by atoms with Gasteiger partial charge in [-0.25, -0.2) is 19.9 Å². The van der Waals surface area contributed by atoms with E-state index in [9.17, 15) is 0 Å². The third-order valence-corrected chi connectivity index (χ3v) is 7.91. The molecule has 3 aromatic rings. The zero-order valence-electron chi connectivity index (χ0n) is 15.8. The van der Waals surface area contributed by atoms with E-state index in [0.717, 1.165) is 33.1 Å². The summed E-state index contributed by atoms with van der Waals surface area (Å²) in [6.45, 7) is 10.1. The van der Waals surface area contributed by atoms with Crippen LogP contribution in [-0.4, -0.2) is 19.9 Å². The maximum absolute atomic E-state index is 4.48. The summed E-state index contributed by atoms with van der Waals surface area (Å²) >= 11 is 0. The highest BCUT2D eigenvalue weighted by Crippen LogP contribution is 2.41. The van der Waals surface area contributed by atoms with E-state index in [1.54, 1.807) is 43.2 Å². The lowest BCUT2D eigenvalue weighted by Crippen LogP contribution is -1.91. The van der Waals surface area contributed by atoms with Gasteiger partial charge in [0.1, 0.15) is 0 Å². The molecule has 0 spiro atoms. The van der Waals surface area contributed by atoms with Crippen molar-refractivity contribution in [1.82, 2.24) is 19.9 Å². The van der Waals surface area contributed by atoms with Crippen molar-refractivity contribution < 1.29 is 0 Å². The van der Waals surface area contributed by atoms with Crippen LogP contribution in [0.15, 0.2) is 50.4 Å². The van der Waals surface area contributed by atoms with Crippen LogP contribution in [0.25, 0.3) is 0 Å². The van der Waals surface area contributed by atoms with Crippen LogP contribution in [0.5, 0.6) is 0 Å². The SMILES string of the molecule is Cc1cc(C)nc(SSc2ccc(SSc3nc(C)cc(C)n3)c(C)c2)n1. The Morgan fingerprint density at radius 2 is 1.04 bits per heavy atom. The van der Waals surface area contributed by atoms with E-state index in [0.29, 0.717) is 0 Å². The molecular formula is C19H20N4S4. The van der Waals surface area contributed by atoms with Crippen LogP contribution in [0.1, 0.15) is 28.3 Å². The van der Waals surface area contributed by atoms with Gasteiger partial charge in [-0.15, -0.1) is 0 Å². The fourth-order valence-corrected chi connectivity index (χ4v) is 6.44. The molecule has 2 heterocycles. The van der Waals surface area contributed by atoms with Crippen LogP contribution in [0.3, 0.4) is 0 Å². The number of rotatable bonds is 6. The molecule has 0 fully saturated rings. The fourth-order valence-electron chi connectivity index (χ4n) is 2.40. The summed E-state index contributed by atoms with van der Waals surface area (Å²) in [5.74, 6) is 0. The Morgan fingerprint density at radius 1 is 0.556 bits per heavy atom. The van der Waals surface area contributed by atoms with Crippen LogP contribution < -0.4 is 0 Å². The Hall–Kier alpha value is -1.22. The lowest BCUT2D eigenvalue weighted by atomic mass is 10.2. The predicted molar refractivity (Wildman–Crippen MR) is 118 cm³/mol. The van der Waals surface area contributed by atoms with E-state index in [4.69, 9.17) is 0 Å². The number of hydrogen-bond donors (Lipinski definition) is 0. The van der Waals surface area contributed by atoms with Crippen molar-refractivity contribution in [3.05, 3.63) is 58.7 Å². The normalized spacial score (nSPS) is 11.0. The van der Waals surface area contributed by atoms with Gasteiger partial charge in [-0.3, -0.25) is 0 Å². The molecule has 0 saturated heterocycles. The molecule has 0 unspecified atom stereocenters. The number of benzene rings is 1. The summed E-state index contributed by atoms with van der Waals surface area (Å²) in [6.07, 6.45) is 0. The maximum atomic E-state index is 4.48. The molecular weight excluding hydrogens is 413 g/mol. The lowest BCUT2D eigenvalue weighted by Gasteiger charge is -2.08. The molecule has 0 aliphatic carbocycles. The van der Waals surface area contributed by atoms with Gasteiger partial charge in [0.2, 0.25) is 0 Å². The van der Waals surface area contributed by atoms with E-state index in [1.807, 2.05) is 39.8 Å². The summed E-state index contributed by atoms with van der Waals surface area (Å²) < 4.78 is 0. The molecule has 2 aromatic heterocycles. The maximum Gasteiger partial charge on any atom is 0.199 e. The highest BCUT2D eigenvalue weighted by molar-refractivity contribution is 8.77. The average molecular weight is 433 g/mol. The number of aryl methyl sites for hydroxylation is 5. The molecule has 140 valence electrons. The second-order valence-electron chi connectivity index (χ2n) is 6.13. The molecule has 0 radical (unpaired) electrons. The number of aromatic nitrogens is 4. The first-order valence-electron chi connectivity index (χ1n) is 8.33. The molecule has 0 atom stereocenters. The summed E-state index contributed by atoms with van der Waals surface area (Å²) in [7, 11) is 6.57.